The van der Waals surface area contributed by atoms with Crippen molar-refractivity contribution in [1.82, 2.24) is 9.80 Å². The number of nitrogens with zero attached hydrogens (tertiary/aromatic N) is 2. The maximum absolute atomic E-state index is 14.3. The molecule has 2 fully saturated rings. The summed E-state index contributed by atoms with van der Waals surface area (Å²) in [5.74, 6) is -3.40. The molecule has 1 atom stereocenters. The van der Waals surface area contributed by atoms with Crippen LogP contribution >= 0.6 is 0 Å². The average molecular weight is 338 g/mol. The van der Waals surface area contributed by atoms with Crippen LogP contribution in [0.4, 0.5) is 8.78 Å². The van der Waals surface area contributed by atoms with Crippen molar-refractivity contribution in [2.24, 2.45) is 5.41 Å². The van der Waals surface area contributed by atoms with Gasteiger partial charge in [-0.05, 0) is 24.6 Å². The second-order valence-electron chi connectivity index (χ2n) is 6.68. The second-order valence-corrected chi connectivity index (χ2v) is 6.68. The third-order valence-electron chi connectivity index (χ3n) is 4.84. The number of rotatable bonds is 2. The van der Waals surface area contributed by atoms with Crippen LogP contribution in [-0.4, -0.2) is 61.3 Å². The smallest absolute Gasteiger partial charge is 0.266 e. The van der Waals surface area contributed by atoms with Crippen molar-refractivity contribution >= 4 is 11.8 Å². The summed E-state index contributed by atoms with van der Waals surface area (Å²) in [7, 11) is 3.08. The molecule has 2 aliphatic rings. The molecule has 0 N–H and O–H groups in total. The fourth-order valence-corrected chi connectivity index (χ4v) is 3.70. The average Bonchev–Trinajstić information content (AvgIpc) is 2.81. The molecule has 1 aromatic carbocycles. The first-order valence-corrected chi connectivity index (χ1v) is 7.83. The van der Waals surface area contributed by atoms with Crippen molar-refractivity contribution in [3.8, 4) is 5.75 Å². The van der Waals surface area contributed by atoms with E-state index in [-0.39, 0.29) is 18.0 Å². The Balaban J connectivity index is 1.89. The summed E-state index contributed by atoms with van der Waals surface area (Å²) in [5, 5.41) is 0. The monoisotopic (exact) mass is 338 g/mol. The van der Waals surface area contributed by atoms with Gasteiger partial charge in [-0.1, -0.05) is 6.07 Å². The molecule has 2 aliphatic heterocycles. The lowest BCUT2D eigenvalue weighted by atomic mass is 9.76. The lowest BCUT2D eigenvalue weighted by Crippen LogP contribution is -2.56. The topological polar surface area (TPSA) is 49.9 Å². The number of ether oxygens (including phenoxy) is 1. The highest BCUT2D eigenvalue weighted by Gasteiger charge is 2.57. The zero-order valence-electron chi connectivity index (χ0n) is 13.7. The van der Waals surface area contributed by atoms with Gasteiger partial charge < -0.3 is 14.5 Å². The Kier molecular flexibility index (Phi) is 3.97. The van der Waals surface area contributed by atoms with Gasteiger partial charge in [0.25, 0.3) is 11.8 Å². The number of halogens is 2. The van der Waals surface area contributed by atoms with E-state index in [1.807, 2.05) is 0 Å². The van der Waals surface area contributed by atoms with Crippen LogP contribution in [0.15, 0.2) is 24.3 Å². The predicted octanol–water partition coefficient (Wildman–Crippen LogP) is 2.02. The van der Waals surface area contributed by atoms with Gasteiger partial charge in [-0.15, -0.1) is 0 Å². The molecule has 0 radical (unpaired) electrons. The van der Waals surface area contributed by atoms with Crippen molar-refractivity contribution in [2.75, 3.05) is 33.8 Å². The van der Waals surface area contributed by atoms with Gasteiger partial charge in [-0.3, -0.25) is 9.59 Å². The van der Waals surface area contributed by atoms with Gasteiger partial charge in [0.15, 0.2) is 0 Å². The molecule has 2 saturated heterocycles. The van der Waals surface area contributed by atoms with Crippen molar-refractivity contribution in [3.63, 3.8) is 0 Å². The maximum atomic E-state index is 14.3. The normalized spacial score (nSPS) is 26.1. The quantitative estimate of drug-likeness (QED) is 0.829. The van der Waals surface area contributed by atoms with Crippen LogP contribution in [0.5, 0.6) is 5.75 Å². The number of methoxy groups -OCH3 is 1. The molecular weight excluding hydrogens is 318 g/mol. The van der Waals surface area contributed by atoms with E-state index in [2.05, 4.69) is 0 Å². The fourth-order valence-electron chi connectivity index (χ4n) is 3.70. The molecular formula is C17H20F2N2O3. The van der Waals surface area contributed by atoms with Gasteiger partial charge in [-0.2, -0.15) is 0 Å². The minimum absolute atomic E-state index is 0.0296. The Morgan fingerprint density at radius 2 is 2.04 bits per heavy atom. The minimum atomic E-state index is -3.08. The molecule has 1 aromatic rings. The fraction of sp³-hybridized carbons (Fsp3) is 0.529. The molecule has 3 rings (SSSR count). The summed E-state index contributed by atoms with van der Waals surface area (Å²) in [6, 6.07) is 6.40. The van der Waals surface area contributed by atoms with Crippen LogP contribution in [0, 0.1) is 5.41 Å². The SMILES string of the molecule is COc1cccc(C(=O)N2CC(F)(F)C[C@]3(CCN(C)C3=O)C2)c1. The van der Waals surface area contributed by atoms with E-state index in [4.69, 9.17) is 4.74 Å². The number of carbonyl (C=O) groups is 2. The van der Waals surface area contributed by atoms with Gasteiger partial charge >= 0.3 is 0 Å². The predicted molar refractivity (Wildman–Crippen MR) is 83.1 cm³/mol. The molecule has 0 saturated carbocycles. The van der Waals surface area contributed by atoms with Crippen molar-refractivity contribution in [3.05, 3.63) is 29.8 Å². The Morgan fingerprint density at radius 1 is 1.29 bits per heavy atom. The number of alkyl halides is 2. The van der Waals surface area contributed by atoms with Crippen LogP contribution in [0.3, 0.4) is 0 Å². The summed E-state index contributed by atoms with van der Waals surface area (Å²) < 4.78 is 33.6. The van der Waals surface area contributed by atoms with Crippen molar-refractivity contribution in [1.29, 1.82) is 0 Å². The number of likely N-dealkylation sites (tertiary alicyclic amines) is 2. The number of piperidine rings is 1. The van der Waals surface area contributed by atoms with Gasteiger partial charge in [-0.25, -0.2) is 8.78 Å². The van der Waals surface area contributed by atoms with E-state index in [0.717, 1.165) is 4.90 Å². The first-order chi connectivity index (χ1) is 11.3. The van der Waals surface area contributed by atoms with Crippen LogP contribution in [0.1, 0.15) is 23.2 Å². The van der Waals surface area contributed by atoms with Crippen molar-refractivity contribution < 1.29 is 23.1 Å². The molecule has 0 unspecified atom stereocenters. The zero-order valence-corrected chi connectivity index (χ0v) is 13.7. The van der Waals surface area contributed by atoms with E-state index < -0.39 is 30.2 Å². The van der Waals surface area contributed by atoms with Crippen LogP contribution in [-0.2, 0) is 4.79 Å². The van der Waals surface area contributed by atoms with Crippen LogP contribution < -0.4 is 4.74 Å². The lowest BCUT2D eigenvalue weighted by Gasteiger charge is -2.42. The molecule has 2 heterocycles. The molecule has 130 valence electrons. The van der Waals surface area contributed by atoms with E-state index >= 15 is 0 Å². The number of hydrogen-bond donors (Lipinski definition) is 0. The molecule has 7 heteroatoms. The Labute approximate surface area is 139 Å². The summed E-state index contributed by atoms with van der Waals surface area (Å²) in [6.07, 6.45) is -0.148. The highest BCUT2D eigenvalue weighted by atomic mass is 19.3. The highest BCUT2D eigenvalue weighted by molar-refractivity contribution is 5.95. The summed E-state index contributed by atoms with van der Waals surface area (Å²) in [5.41, 5.74) is -0.897. The third-order valence-corrected chi connectivity index (χ3v) is 4.84. The van der Waals surface area contributed by atoms with Gasteiger partial charge in [0.2, 0.25) is 5.91 Å². The molecule has 0 aliphatic carbocycles. The van der Waals surface area contributed by atoms with Gasteiger partial charge in [0, 0.05) is 32.1 Å². The first-order valence-electron chi connectivity index (χ1n) is 7.83. The molecule has 0 aromatic heterocycles. The zero-order chi connectivity index (χ0) is 17.5. The molecule has 5 nitrogen and oxygen atoms in total. The Bertz CT molecular complexity index is 680. The van der Waals surface area contributed by atoms with E-state index in [9.17, 15) is 18.4 Å². The minimum Gasteiger partial charge on any atom is -0.497 e. The Morgan fingerprint density at radius 3 is 2.67 bits per heavy atom. The molecule has 0 bridgehead atoms. The molecule has 2 amide bonds. The number of amides is 2. The van der Waals surface area contributed by atoms with Gasteiger partial charge in [0.1, 0.15) is 5.75 Å². The maximum Gasteiger partial charge on any atom is 0.266 e. The van der Waals surface area contributed by atoms with E-state index in [1.54, 1.807) is 25.2 Å². The van der Waals surface area contributed by atoms with Crippen LogP contribution in [0.25, 0.3) is 0 Å². The van der Waals surface area contributed by atoms with Gasteiger partial charge in [0.05, 0.1) is 19.1 Å². The number of hydrogen-bond acceptors (Lipinski definition) is 3. The summed E-state index contributed by atoms with van der Waals surface area (Å²) in [6.45, 7) is -0.195. The first kappa shape index (κ1) is 16.7. The lowest BCUT2D eigenvalue weighted by molar-refractivity contribution is -0.150. The summed E-state index contributed by atoms with van der Waals surface area (Å²) >= 11 is 0. The largest absolute Gasteiger partial charge is 0.497 e. The second kappa shape index (κ2) is 5.72. The van der Waals surface area contributed by atoms with Crippen LogP contribution in [0.2, 0.25) is 0 Å². The Hall–Kier alpha value is -2.18. The number of carbonyl (C=O) groups excluding carboxylic acids is 2. The standard InChI is InChI=1S/C17H20F2N2O3/c1-20-7-6-16(15(20)23)9-17(18,19)11-21(10-16)14(22)12-4-3-5-13(8-12)24-2/h3-5,8H,6-7,9-11H2,1-2H3/t16-/m1/s1. The number of benzene rings is 1. The summed E-state index contributed by atoms with van der Waals surface area (Å²) in [4.78, 5) is 27.7. The molecule has 24 heavy (non-hydrogen) atoms. The van der Waals surface area contributed by atoms with E-state index in [0.29, 0.717) is 18.7 Å². The van der Waals surface area contributed by atoms with E-state index in [1.165, 1.54) is 18.1 Å². The highest BCUT2D eigenvalue weighted by Crippen LogP contribution is 2.45. The molecule has 1 spiro atoms. The van der Waals surface area contributed by atoms with Crippen molar-refractivity contribution in [2.45, 2.75) is 18.8 Å². The third kappa shape index (κ3) is 2.83.